The highest BCUT2D eigenvalue weighted by atomic mass is 32.1. The number of hydrogen-bond acceptors (Lipinski definition) is 6. The second-order valence-corrected chi connectivity index (χ2v) is 7.59. The molecular formula is C19H23N3O3S. The van der Waals surface area contributed by atoms with E-state index in [1.807, 2.05) is 28.5 Å². The number of aromatic nitrogens is 2. The number of ether oxygens (including phenoxy) is 2. The van der Waals surface area contributed by atoms with Gasteiger partial charge in [-0.25, -0.2) is 9.97 Å². The number of nitrogens with zero attached hydrogens (tertiary/aromatic N) is 3. The molecule has 7 heteroatoms. The van der Waals surface area contributed by atoms with Crippen molar-refractivity contribution in [1.29, 1.82) is 0 Å². The summed E-state index contributed by atoms with van der Waals surface area (Å²) in [6.07, 6.45) is 5.53. The van der Waals surface area contributed by atoms with Crippen LogP contribution in [0, 0.1) is 5.92 Å². The molecule has 138 valence electrons. The summed E-state index contributed by atoms with van der Waals surface area (Å²) in [6.45, 7) is 2.91. The van der Waals surface area contributed by atoms with E-state index in [9.17, 15) is 4.79 Å². The largest absolute Gasteiger partial charge is 0.478 e. The molecule has 2 aromatic rings. The fourth-order valence-electron chi connectivity index (χ4n) is 4.05. The third kappa shape index (κ3) is 3.59. The molecule has 1 unspecified atom stereocenters. The first-order chi connectivity index (χ1) is 12.8. The summed E-state index contributed by atoms with van der Waals surface area (Å²) in [6, 6.07) is 5.69. The molecule has 0 aromatic carbocycles. The zero-order chi connectivity index (χ0) is 17.8. The number of carbonyl (C=O) groups excluding carboxylic acids is 1. The second kappa shape index (κ2) is 7.72. The molecule has 1 spiro atoms. The summed E-state index contributed by atoms with van der Waals surface area (Å²) in [5, 5.41) is 1.82. The van der Waals surface area contributed by atoms with E-state index in [1.165, 1.54) is 11.3 Å². The Morgan fingerprint density at radius 1 is 1.35 bits per heavy atom. The number of rotatable bonds is 5. The van der Waals surface area contributed by atoms with Crippen molar-refractivity contribution >= 4 is 17.2 Å². The predicted octanol–water partition coefficient (Wildman–Crippen LogP) is 3.02. The normalized spacial score (nSPS) is 21.8. The van der Waals surface area contributed by atoms with Crippen molar-refractivity contribution in [2.24, 2.45) is 5.92 Å². The molecule has 2 saturated heterocycles. The Balaban J connectivity index is 1.31. The molecule has 4 heterocycles. The first kappa shape index (κ1) is 17.4. The molecule has 4 rings (SSSR count). The van der Waals surface area contributed by atoms with Crippen LogP contribution in [0.25, 0.3) is 0 Å². The van der Waals surface area contributed by atoms with Crippen LogP contribution in [0.2, 0.25) is 0 Å². The number of piperidine rings is 1. The molecule has 2 aromatic heterocycles. The maximum absolute atomic E-state index is 12.5. The zero-order valence-electron chi connectivity index (χ0n) is 14.7. The average molecular weight is 373 g/mol. The molecule has 2 aliphatic rings. The molecule has 0 saturated carbocycles. The van der Waals surface area contributed by atoms with Gasteiger partial charge in [0, 0.05) is 37.3 Å². The van der Waals surface area contributed by atoms with E-state index in [4.69, 9.17) is 9.47 Å². The summed E-state index contributed by atoms with van der Waals surface area (Å²) in [7, 11) is 0. The van der Waals surface area contributed by atoms with E-state index in [1.54, 1.807) is 11.7 Å². The van der Waals surface area contributed by atoms with Crippen LogP contribution in [0.1, 0.15) is 36.2 Å². The van der Waals surface area contributed by atoms with E-state index < -0.39 is 0 Å². The molecule has 0 N–H and O–H groups in total. The van der Waals surface area contributed by atoms with Gasteiger partial charge in [0.25, 0.3) is 5.91 Å². The van der Waals surface area contributed by atoms with Crippen molar-refractivity contribution < 1.29 is 14.3 Å². The highest BCUT2D eigenvalue weighted by Gasteiger charge is 2.46. The number of pyridine rings is 1. The third-order valence-corrected chi connectivity index (χ3v) is 6.09. The van der Waals surface area contributed by atoms with Gasteiger partial charge in [-0.05, 0) is 37.7 Å². The summed E-state index contributed by atoms with van der Waals surface area (Å²) in [5.41, 5.74) is 2.15. The molecule has 0 bridgehead atoms. The van der Waals surface area contributed by atoms with Gasteiger partial charge in [-0.15, -0.1) is 11.3 Å². The molecule has 1 atom stereocenters. The highest BCUT2D eigenvalue weighted by molar-refractivity contribution is 7.07. The minimum atomic E-state index is -0.105. The van der Waals surface area contributed by atoms with Crippen LogP contribution in [-0.4, -0.2) is 52.7 Å². The Morgan fingerprint density at radius 2 is 2.23 bits per heavy atom. The fourth-order valence-corrected chi connectivity index (χ4v) is 4.58. The van der Waals surface area contributed by atoms with Crippen LogP contribution in [0.5, 0.6) is 5.88 Å². The lowest BCUT2D eigenvalue weighted by Crippen LogP contribution is -2.49. The van der Waals surface area contributed by atoms with E-state index in [-0.39, 0.29) is 11.5 Å². The third-order valence-electron chi connectivity index (χ3n) is 5.50. The van der Waals surface area contributed by atoms with E-state index in [2.05, 4.69) is 9.97 Å². The Labute approximate surface area is 157 Å². The summed E-state index contributed by atoms with van der Waals surface area (Å²) < 4.78 is 12.0. The smallest absolute Gasteiger partial charge is 0.273 e. The first-order valence-electron chi connectivity index (χ1n) is 9.12. The van der Waals surface area contributed by atoms with Crippen LogP contribution in [0.4, 0.5) is 0 Å². The lowest BCUT2D eigenvalue weighted by Gasteiger charge is -2.42. The molecule has 0 radical (unpaired) electrons. The minimum Gasteiger partial charge on any atom is -0.478 e. The number of likely N-dealkylation sites (tertiary alicyclic amines) is 1. The maximum Gasteiger partial charge on any atom is 0.273 e. The van der Waals surface area contributed by atoms with Gasteiger partial charge in [0.2, 0.25) is 5.88 Å². The lowest BCUT2D eigenvalue weighted by atomic mass is 9.78. The number of hydrogen-bond donors (Lipinski definition) is 0. The lowest BCUT2D eigenvalue weighted by molar-refractivity contribution is -0.0649. The van der Waals surface area contributed by atoms with Gasteiger partial charge in [-0.2, -0.15) is 0 Å². The number of carbonyl (C=O) groups is 1. The summed E-state index contributed by atoms with van der Waals surface area (Å²) in [4.78, 5) is 22.7. The van der Waals surface area contributed by atoms with Gasteiger partial charge in [0.15, 0.2) is 0 Å². The molecule has 26 heavy (non-hydrogen) atoms. The second-order valence-electron chi connectivity index (χ2n) is 6.87. The van der Waals surface area contributed by atoms with Gasteiger partial charge >= 0.3 is 0 Å². The number of thiazole rings is 1. The van der Waals surface area contributed by atoms with Gasteiger partial charge in [-0.1, -0.05) is 6.07 Å². The molecule has 2 fully saturated rings. The molecule has 6 nitrogen and oxygen atoms in total. The van der Waals surface area contributed by atoms with E-state index in [0.29, 0.717) is 24.1 Å². The predicted molar refractivity (Wildman–Crippen MR) is 98.4 cm³/mol. The van der Waals surface area contributed by atoms with Crippen molar-refractivity contribution in [3.63, 3.8) is 0 Å². The van der Waals surface area contributed by atoms with Gasteiger partial charge in [-0.3, -0.25) is 4.79 Å². The van der Waals surface area contributed by atoms with Crippen molar-refractivity contribution in [3.8, 4) is 5.88 Å². The van der Waals surface area contributed by atoms with Gasteiger partial charge in [0.1, 0.15) is 5.69 Å². The monoisotopic (exact) mass is 373 g/mol. The van der Waals surface area contributed by atoms with Crippen molar-refractivity contribution in [2.75, 3.05) is 26.3 Å². The van der Waals surface area contributed by atoms with Crippen LogP contribution >= 0.6 is 11.3 Å². The standard InChI is InChI=1S/C19H23N3O3S/c23-18(16-13-26-14-21-16)22-9-6-19(7-10-22)15(5-12-25-19)4-11-24-17-3-1-2-8-20-17/h1-3,8,13-15H,4-7,9-12H2. The fraction of sp³-hybridized carbons (Fsp3) is 0.526. The topological polar surface area (TPSA) is 64.6 Å². The SMILES string of the molecule is O=C(c1cscn1)N1CCC2(CC1)OCCC2CCOc1ccccn1. The van der Waals surface area contributed by atoms with Crippen LogP contribution in [0.15, 0.2) is 35.3 Å². The molecule has 1 amide bonds. The van der Waals surface area contributed by atoms with E-state index in [0.717, 1.165) is 45.4 Å². The molecule has 2 aliphatic heterocycles. The van der Waals surface area contributed by atoms with Crippen molar-refractivity contribution in [1.82, 2.24) is 14.9 Å². The maximum atomic E-state index is 12.5. The van der Waals surface area contributed by atoms with Gasteiger partial charge in [0.05, 0.1) is 17.7 Å². The van der Waals surface area contributed by atoms with Crippen LogP contribution in [0.3, 0.4) is 0 Å². The zero-order valence-corrected chi connectivity index (χ0v) is 15.5. The number of amides is 1. The van der Waals surface area contributed by atoms with Crippen molar-refractivity contribution in [3.05, 3.63) is 41.0 Å². The highest BCUT2D eigenvalue weighted by Crippen LogP contribution is 2.42. The Kier molecular flexibility index (Phi) is 5.17. The quantitative estimate of drug-likeness (QED) is 0.806. The van der Waals surface area contributed by atoms with Crippen LogP contribution < -0.4 is 4.74 Å². The average Bonchev–Trinajstić information content (AvgIpc) is 3.34. The Bertz CT molecular complexity index is 715. The van der Waals surface area contributed by atoms with Gasteiger partial charge < -0.3 is 14.4 Å². The van der Waals surface area contributed by atoms with Crippen molar-refractivity contribution in [2.45, 2.75) is 31.3 Å². The molecular weight excluding hydrogens is 350 g/mol. The molecule has 0 aliphatic carbocycles. The van der Waals surface area contributed by atoms with E-state index >= 15 is 0 Å². The Hall–Kier alpha value is -1.99. The minimum absolute atomic E-state index is 0.0362. The Morgan fingerprint density at radius 3 is 2.96 bits per heavy atom. The summed E-state index contributed by atoms with van der Waals surface area (Å²) >= 11 is 1.46. The summed E-state index contributed by atoms with van der Waals surface area (Å²) in [5.74, 6) is 1.18. The first-order valence-corrected chi connectivity index (χ1v) is 10.1. The van der Waals surface area contributed by atoms with Crippen LogP contribution in [-0.2, 0) is 4.74 Å².